The third-order valence-electron chi connectivity index (χ3n) is 3.17. The van der Waals surface area contributed by atoms with Crippen molar-refractivity contribution in [2.45, 2.75) is 6.92 Å². The Morgan fingerprint density at radius 2 is 2.18 bits per heavy atom. The van der Waals surface area contributed by atoms with Gasteiger partial charge in [0.25, 0.3) is 0 Å². The summed E-state index contributed by atoms with van der Waals surface area (Å²) in [6.45, 7) is -3.19. The summed E-state index contributed by atoms with van der Waals surface area (Å²) in [5.41, 5.74) is 0.653. The van der Waals surface area contributed by atoms with Crippen molar-refractivity contribution < 1.29 is 19.4 Å². The van der Waals surface area contributed by atoms with Gasteiger partial charge in [0, 0.05) is 24.1 Å². The number of hydrogen-bond donors (Lipinski definition) is 0. The Morgan fingerprint density at radius 3 is 2.86 bits per heavy atom. The highest BCUT2D eigenvalue weighted by molar-refractivity contribution is 5.93. The third-order valence-corrected chi connectivity index (χ3v) is 3.17. The Bertz CT molecular complexity index is 837. The Hall–Kier alpha value is -2.57. The normalized spacial score (nSPS) is 22.4. The fraction of sp³-hybridized carbons (Fsp3) is 0.400. The van der Waals surface area contributed by atoms with Crippen LogP contribution in [0.4, 0.5) is 5.69 Å². The van der Waals surface area contributed by atoms with Crippen LogP contribution in [0.3, 0.4) is 0 Å². The number of anilines is 1. The van der Waals surface area contributed by atoms with Crippen molar-refractivity contribution in [3.63, 3.8) is 0 Å². The molecule has 0 aliphatic carbocycles. The maximum atomic E-state index is 11.8. The average molecular weight is 307 g/mol. The molecule has 3 rings (SSSR count). The number of carbonyl (C=O) groups is 1. The zero-order valence-electron chi connectivity index (χ0n) is 15.9. The van der Waals surface area contributed by atoms with E-state index in [9.17, 15) is 9.70 Å². The van der Waals surface area contributed by atoms with Gasteiger partial charge in [-0.25, -0.2) is 4.79 Å². The van der Waals surface area contributed by atoms with Gasteiger partial charge < -0.3 is 14.1 Å². The first-order valence-electron chi connectivity index (χ1n) is 8.77. The summed E-state index contributed by atoms with van der Waals surface area (Å²) in [4.78, 5) is 23.5. The minimum absolute atomic E-state index is 0.0139. The molecule has 1 aliphatic heterocycles. The molecule has 0 saturated carbocycles. The van der Waals surface area contributed by atoms with Crippen molar-refractivity contribution in [1.29, 1.82) is 0 Å². The van der Waals surface area contributed by atoms with Crippen LogP contribution in [-0.2, 0) is 4.74 Å². The molecule has 1 aromatic carbocycles. The van der Waals surface area contributed by atoms with E-state index in [-0.39, 0.29) is 31.1 Å². The van der Waals surface area contributed by atoms with E-state index in [4.69, 9.17) is 14.6 Å². The molecular weight excluding hydrogens is 286 g/mol. The summed E-state index contributed by atoms with van der Waals surface area (Å²) in [7, 11) is 0. The number of carbonyl (C=O) groups excluding carboxylic acids is 1. The van der Waals surface area contributed by atoms with Crippen molar-refractivity contribution >= 4 is 22.6 Å². The number of rotatable bonds is 4. The Balaban J connectivity index is 2.01. The zero-order valence-corrected chi connectivity index (χ0v) is 11.9. The summed E-state index contributed by atoms with van der Waals surface area (Å²) in [6, 6.07) is 6.02. The molecule has 1 aromatic heterocycles. The highest BCUT2D eigenvalue weighted by Gasteiger charge is 2.18. The molecule has 7 heteroatoms. The van der Waals surface area contributed by atoms with Gasteiger partial charge in [0.1, 0.15) is 5.58 Å². The number of nitrogens with zero attached hydrogens (tertiary/aromatic N) is 3. The monoisotopic (exact) mass is 307 g/mol. The topological polar surface area (TPSA) is 75.4 Å². The second kappa shape index (κ2) is 6.05. The standard InChI is InChI=1S/C15H17N3O4/c1-2-21-15(19)14-10-11-9-12(3-4-13(11)22-14)17-5-7-18(16-20)8-6-17/h3-4,9-10H,2,5-8H2,1H3/i5D2,6D2. The van der Waals surface area contributed by atoms with E-state index in [1.807, 2.05) is 0 Å². The van der Waals surface area contributed by atoms with Gasteiger partial charge in [0.2, 0.25) is 5.76 Å². The lowest BCUT2D eigenvalue weighted by Crippen LogP contribution is -2.43. The second-order valence-corrected chi connectivity index (χ2v) is 4.61. The fourth-order valence-corrected chi connectivity index (χ4v) is 2.13. The number of fused-ring (bicyclic) bond motifs is 1. The first kappa shape index (κ1) is 10.2. The average Bonchev–Trinajstić information content (AvgIpc) is 2.96. The van der Waals surface area contributed by atoms with Gasteiger partial charge in [-0.05, 0) is 31.2 Å². The van der Waals surface area contributed by atoms with Gasteiger partial charge in [-0.1, -0.05) is 0 Å². The van der Waals surface area contributed by atoms with Gasteiger partial charge in [0.05, 0.1) is 30.5 Å². The van der Waals surface area contributed by atoms with E-state index in [0.29, 0.717) is 11.0 Å². The van der Waals surface area contributed by atoms with E-state index in [0.717, 1.165) is 9.91 Å². The van der Waals surface area contributed by atoms with Gasteiger partial charge in [-0.15, -0.1) is 4.91 Å². The summed E-state index contributed by atoms with van der Waals surface area (Å²) >= 11 is 0. The lowest BCUT2D eigenvalue weighted by atomic mass is 10.2. The fourth-order valence-electron chi connectivity index (χ4n) is 2.13. The van der Waals surface area contributed by atoms with Crippen LogP contribution >= 0.6 is 0 Å². The summed E-state index contributed by atoms with van der Waals surface area (Å²) in [6.07, 6.45) is 0. The van der Waals surface area contributed by atoms with Gasteiger partial charge in [0.15, 0.2) is 0 Å². The molecule has 0 spiro atoms. The van der Waals surface area contributed by atoms with E-state index in [1.54, 1.807) is 6.92 Å². The lowest BCUT2D eigenvalue weighted by molar-refractivity contribution is 0.0492. The second-order valence-electron chi connectivity index (χ2n) is 4.61. The minimum Gasteiger partial charge on any atom is -0.460 e. The van der Waals surface area contributed by atoms with Gasteiger partial charge >= 0.3 is 5.97 Å². The molecule has 0 radical (unpaired) electrons. The SMILES string of the molecule is [2H]C1([2H])CN(N=O)CC([2H])([2H])N1c1ccc2oc(C(=O)OCC)cc2c1. The van der Waals surface area contributed by atoms with Crippen LogP contribution in [-0.4, -0.2) is 43.7 Å². The summed E-state index contributed by atoms with van der Waals surface area (Å²) in [5.74, 6) is -0.596. The number of piperazine rings is 1. The highest BCUT2D eigenvalue weighted by Crippen LogP contribution is 2.26. The largest absolute Gasteiger partial charge is 0.460 e. The predicted molar refractivity (Wildman–Crippen MR) is 81.8 cm³/mol. The molecule has 7 nitrogen and oxygen atoms in total. The summed E-state index contributed by atoms with van der Waals surface area (Å²) in [5, 5.41) is 4.00. The van der Waals surface area contributed by atoms with E-state index in [2.05, 4.69) is 5.29 Å². The van der Waals surface area contributed by atoms with Crippen molar-refractivity contribution in [2.24, 2.45) is 5.29 Å². The van der Waals surface area contributed by atoms with Crippen LogP contribution in [0, 0.1) is 4.91 Å². The molecule has 0 atom stereocenters. The number of hydrogen-bond acceptors (Lipinski definition) is 6. The van der Waals surface area contributed by atoms with Gasteiger partial charge in [-0.2, -0.15) is 0 Å². The third kappa shape index (κ3) is 2.74. The van der Waals surface area contributed by atoms with Gasteiger partial charge in [-0.3, -0.25) is 5.01 Å². The molecule has 1 fully saturated rings. The number of benzene rings is 1. The van der Waals surface area contributed by atoms with E-state index >= 15 is 0 Å². The molecule has 0 N–H and O–H groups in total. The minimum atomic E-state index is -2.17. The van der Waals surface area contributed by atoms with Crippen LogP contribution in [0.2, 0.25) is 0 Å². The molecule has 2 aromatic rings. The summed E-state index contributed by atoms with van der Waals surface area (Å²) < 4.78 is 42.9. The first-order valence-corrected chi connectivity index (χ1v) is 6.77. The van der Waals surface area contributed by atoms with Crippen molar-refractivity contribution in [3.05, 3.63) is 34.9 Å². The molecule has 0 amide bonds. The number of nitroso groups, excluding NO2 is 1. The molecule has 1 aliphatic rings. The first-order chi connectivity index (χ1) is 12.2. The van der Waals surface area contributed by atoms with Crippen LogP contribution in [0.5, 0.6) is 0 Å². The van der Waals surface area contributed by atoms with Crippen LogP contribution < -0.4 is 4.90 Å². The predicted octanol–water partition coefficient (Wildman–Crippen LogP) is 2.41. The molecule has 0 unspecified atom stereocenters. The maximum Gasteiger partial charge on any atom is 0.374 e. The smallest absolute Gasteiger partial charge is 0.374 e. The van der Waals surface area contributed by atoms with Crippen LogP contribution in [0.15, 0.2) is 34.0 Å². The molecule has 2 heterocycles. The quantitative estimate of drug-likeness (QED) is 0.638. The molecule has 22 heavy (non-hydrogen) atoms. The highest BCUT2D eigenvalue weighted by atomic mass is 16.5. The Labute approximate surface area is 133 Å². The van der Waals surface area contributed by atoms with Crippen molar-refractivity contribution in [1.82, 2.24) is 5.01 Å². The number of ether oxygens (including phenoxy) is 1. The van der Waals surface area contributed by atoms with Crippen molar-refractivity contribution in [2.75, 3.05) is 37.6 Å². The number of esters is 1. The number of furan rings is 1. The Kier molecular flexibility index (Phi) is 2.80. The maximum absolute atomic E-state index is 11.8. The Morgan fingerprint density at radius 1 is 1.41 bits per heavy atom. The molecule has 116 valence electrons. The molecule has 0 bridgehead atoms. The van der Waals surface area contributed by atoms with Crippen molar-refractivity contribution in [3.8, 4) is 0 Å². The van der Waals surface area contributed by atoms with E-state index in [1.165, 1.54) is 24.3 Å². The molecule has 1 saturated heterocycles. The van der Waals surface area contributed by atoms with Crippen LogP contribution in [0.25, 0.3) is 11.0 Å². The van der Waals surface area contributed by atoms with Crippen LogP contribution in [0.1, 0.15) is 23.0 Å². The van der Waals surface area contributed by atoms with E-state index < -0.39 is 19.0 Å². The molecular formula is C15H17N3O4. The zero-order chi connectivity index (χ0) is 19.1. The lowest BCUT2D eigenvalue weighted by Gasteiger charge is -2.32.